The van der Waals surface area contributed by atoms with Crippen molar-refractivity contribution in [1.29, 1.82) is 0 Å². The molecule has 0 aromatic carbocycles. The Bertz CT molecular complexity index is 515. The zero-order valence-corrected chi connectivity index (χ0v) is 13.7. The number of amides is 2. The average molecular weight is 309 g/mol. The molecule has 1 aliphatic heterocycles. The van der Waals surface area contributed by atoms with E-state index in [0.29, 0.717) is 19.4 Å². The monoisotopic (exact) mass is 309 g/mol. The van der Waals surface area contributed by atoms with E-state index in [4.69, 9.17) is 0 Å². The molecule has 2 rings (SSSR count). The Morgan fingerprint density at radius 1 is 1.33 bits per heavy atom. The third-order valence-electron chi connectivity index (χ3n) is 3.80. The van der Waals surface area contributed by atoms with Crippen LogP contribution in [0.2, 0.25) is 0 Å². The van der Waals surface area contributed by atoms with E-state index >= 15 is 0 Å². The first-order valence-electron chi connectivity index (χ1n) is 7.65. The molecule has 2 unspecified atom stereocenters. The summed E-state index contributed by atoms with van der Waals surface area (Å²) in [7, 11) is 0. The van der Waals surface area contributed by atoms with Gasteiger partial charge in [-0.2, -0.15) is 0 Å². The Morgan fingerprint density at radius 3 is 2.67 bits per heavy atom. The molecule has 116 valence electrons. The molecular formula is C15H23N3O2S. The minimum Gasteiger partial charge on any atom is -0.343 e. The van der Waals surface area contributed by atoms with Crippen molar-refractivity contribution in [2.75, 3.05) is 0 Å². The zero-order valence-electron chi connectivity index (χ0n) is 12.9. The summed E-state index contributed by atoms with van der Waals surface area (Å²) in [5.41, 5.74) is 0. The Labute approximate surface area is 129 Å². The Morgan fingerprint density at radius 2 is 2.10 bits per heavy atom. The lowest BCUT2D eigenvalue weighted by Gasteiger charge is -2.38. The maximum absolute atomic E-state index is 12.6. The van der Waals surface area contributed by atoms with Crippen LogP contribution in [0.15, 0.2) is 6.20 Å². The molecular weight excluding hydrogens is 286 g/mol. The zero-order chi connectivity index (χ0) is 15.4. The first kappa shape index (κ1) is 15.9. The molecule has 5 nitrogen and oxygen atoms in total. The van der Waals surface area contributed by atoms with Crippen LogP contribution in [0.3, 0.4) is 0 Å². The number of nitrogens with one attached hydrogen (secondary N) is 1. The van der Waals surface area contributed by atoms with Crippen molar-refractivity contribution in [3.05, 3.63) is 16.1 Å². The Kier molecular flexibility index (Phi) is 5.33. The van der Waals surface area contributed by atoms with Gasteiger partial charge in [0.15, 0.2) is 0 Å². The van der Waals surface area contributed by atoms with Gasteiger partial charge in [0.1, 0.15) is 17.1 Å². The van der Waals surface area contributed by atoms with Crippen molar-refractivity contribution in [1.82, 2.24) is 15.2 Å². The van der Waals surface area contributed by atoms with Gasteiger partial charge in [0.25, 0.3) is 0 Å². The lowest BCUT2D eigenvalue weighted by atomic mass is 10.0. The highest BCUT2D eigenvalue weighted by Crippen LogP contribution is 2.21. The molecule has 0 bridgehead atoms. The van der Waals surface area contributed by atoms with Crippen LogP contribution in [0.25, 0.3) is 0 Å². The lowest BCUT2D eigenvalue weighted by molar-refractivity contribution is -0.150. The predicted molar refractivity (Wildman–Crippen MR) is 83.0 cm³/mol. The molecule has 1 aromatic rings. The second-order valence-electron chi connectivity index (χ2n) is 5.31. The van der Waals surface area contributed by atoms with E-state index in [1.807, 2.05) is 20.0 Å². The maximum Gasteiger partial charge on any atom is 0.246 e. The van der Waals surface area contributed by atoms with Crippen LogP contribution >= 0.6 is 11.3 Å². The number of aryl methyl sites for hydroxylation is 1. The van der Waals surface area contributed by atoms with Gasteiger partial charge in [0.05, 0.1) is 6.54 Å². The number of hydrogen-bond acceptors (Lipinski definition) is 4. The summed E-state index contributed by atoms with van der Waals surface area (Å²) in [6.45, 7) is 6.48. The van der Waals surface area contributed by atoms with Gasteiger partial charge in [-0.1, -0.05) is 27.2 Å². The highest BCUT2D eigenvalue weighted by atomic mass is 32.1. The molecule has 0 radical (unpaired) electrons. The third kappa shape index (κ3) is 3.43. The first-order valence-corrected chi connectivity index (χ1v) is 8.46. The largest absolute Gasteiger partial charge is 0.343 e. The van der Waals surface area contributed by atoms with E-state index < -0.39 is 0 Å². The standard InChI is InChI=1S/C15H23N3O2S/c1-4-7-11-15(20)18(12(6-3)14(19)17-11)9-13-16-8-10(5-2)21-13/h8,11-12H,4-7,9H2,1-3H3,(H,17,19). The molecule has 21 heavy (non-hydrogen) atoms. The number of carbonyl (C=O) groups is 2. The number of piperazine rings is 1. The normalized spacial score (nSPS) is 22.5. The van der Waals surface area contributed by atoms with Crippen LogP contribution < -0.4 is 5.32 Å². The minimum atomic E-state index is -0.379. The van der Waals surface area contributed by atoms with Crippen molar-refractivity contribution >= 4 is 23.2 Å². The number of thiazole rings is 1. The molecule has 1 N–H and O–H groups in total. The van der Waals surface area contributed by atoms with Gasteiger partial charge in [-0.05, 0) is 19.3 Å². The number of carbonyl (C=O) groups excluding carboxylic acids is 2. The van der Waals surface area contributed by atoms with E-state index in [1.165, 1.54) is 4.88 Å². The highest BCUT2D eigenvalue weighted by Gasteiger charge is 2.39. The summed E-state index contributed by atoms with van der Waals surface area (Å²) >= 11 is 1.62. The van der Waals surface area contributed by atoms with E-state index in [1.54, 1.807) is 16.2 Å². The molecule has 0 saturated carbocycles. The van der Waals surface area contributed by atoms with E-state index in [2.05, 4.69) is 17.2 Å². The van der Waals surface area contributed by atoms with Crippen LogP contribution in [-0.4, -0.2) is 33.8 Å². The molecule has 0 aliphatic carbocycles. The molecule has 1 fully saturated rings. The quantitative estimate of drug-likeness (QED) is 0.875. The highest BCUT2D eigenvalue weighted by molar-refractivity contribution is 7.11. The summed E-state index contributed by atoms with van der Waals surface area (Å²) < 4.78 is 0. The molecule has 1 saturated heterocycles. The van der Waals surface area contributed by atoms with Gasteiger partial charge in [-0.25, -0.2) is 4.98 Å². The van der Waals surface area contributed by atoms with E-state index in [9.17, 15) is 9.59 Å². The van der Waals surface area contributed by atoms with Crippen LogP contribution in [-0.2, 0) is 22.6 Å². The molecule has 1 aliphatic rings. The second-order valence-corrected chi connectivity index (χ2v) is 6.51. The minimum absolute atomic E-state index is 0.0246. The molecule has 6 heteroatoms. The van der Waals surface area contributed by atoms with Crippen LogP contribution in [0.1, 0.15) is 49.9 Å². The van der Waals surface area contributed by atoms with Crippen molar-refractivity contribution < 1.29 is 9.59 Å². The molecule has 0 spiro atoms. The smallest absolute Gasteiger partial charge is 0.246 e. The molecule has 1 aromatic heterocycles. The average Bonchev–Trinajstić information content (AvgIpc) is 2.92. The predicted octanol–water partition coefficient (Wildman–Crippen LogP) is 2.11. The van der Waals surface area contributed by atoms with Gasteiger partial charge >= 0.3 is 0 Å². The fourth-order valence-electron chi connectivity index (χ4n) is 2.63. The summed E-state index contributed by atoms with van der Waals surface area (Å²) in [4.78, 5) is 32.1. The lowest BCUT2D eigenvalue weighted by Crippen LogP contribution is -2.62. The van der Waals surface area contributed by atoms with Gasteiger partial charge in [-0.3, -0.25) is 9.59 Å². The van der Waals surface area contributed by atoms with Crippen molar-refractivity contribution in [2.45, 2.75) is 65.1 Å². The van der Waals surface area contributed by atoms with Crippen LogP contribution in [0, 0.1) is 0 Å². The van der Waals surface area contributed by atoms with Crippen molar-refractivity contribution in [3.63, 3.8) is 0 Å². The molecule has 2 atom stereocenters. The van der Waals surface area contributed by atoms with Crippen LogP contribution in [0.4, 0.5) is 0 Å². The van der Waals surface area contributed by atoms with E-state index in [-0.39, 0.29) is 23.9 Å². The number of rotatable bonds is 6. The summed E-state index contributed by atoms with van der Waals surface area (Å²) in [5, 5.41) is 3.76. The van der Waals surface area contributed by atoms with E-state index in [0.717, 1.165) is 17.8 Å². The topological polar surface area (TPSA) is 62.3 Å². The Balaban J connectivity index is 2.18. The van der Waals surface area contributed by atoms with Gasteiger partial charge in [-0.15, -0.1) is 11.3 Å². The van der Waals surface area contributed by atoms with Crippen molar-refractivity contribution in [2.24, 2.45) is 0 Å². The van der Waals surface area contributed by atoms with Gasteiger partial charge < -0.3 is 10.2 Å². The van der Waals surface area contributed by atoms with Gasteiger partial charge in [0.2, 0.25) is 11.8 Å². The van der Waals surface area contributed by atoms with Crippen molar-refractivity contribution in [3.8, 4) is 0 Å². The molecule has 2 amide bonds. The number of hydrogen-bond donors (Lipinski definition) is 1. The summed E-state index contributed by atoms with van der Waals surface area (Å²) in [5.74, 6) is -0.0145. The maximum atomic E-state index is 12.6. The SMILES string of the molecule is CCCC1NC(=O)C(CC)N(Cc2ncc(CC)s2)C1=O. The summed E-state index contributed by atoms with van der Waals surface area (Å²) in [6.07, 6.45) is 5.00. The first-order chi connectivity index (χ1) is 10.1. The fraction of sp³-hybridized carbons (Fsp3) is 0.667. The number of aromatic nitrogens is 1. The summed E-state index contributed by atoms with van der Waals surface area (Å²) in [6, 6.07) is -0.754. The third-order valence-corrected chi connectivity index (χ3v) is 4.92. The molecule has 2 heterocycles. The van der Waals surface area contributed by atoms with Crippen LogP contribution in [0.5, 0.6) is 0 Å². The number of nitrogens with zero attached hydrogens (tertiary/aromatic N) is 2. The Hall–Kier alpha value is -1.43. The van der Waals surface area contributed by atoms with Gasteiger partial charge in [0, 0.05) is 11.1 Å². The second kappa shape index (κ2) is 7.02. The fourth-order valence-corrected chi connectivity index (χ4v) is 3.49.